The number of nitrogens with zero attached hydrogens (tertiary/aromatic N) is 2. The topological polar surface area (TPSA) is 64.5 Å². The van der Waals surface area contributed by atoms with E-state index < -0.39 is 6.10 Å². The third kappa shape index (κ3) is 3.15. The first kappa shape index (κ1) is 14.1. The maximum absolute atomic E-state index is 10.5. The van der Waals surface area contributed by atoms with Crippen molar-refractivity contribution in [1.82, 2.24) is 9.97 Å². The second-order valence-electron chi connectivity index (χ2n) is 5.27. The summed E-state index contributed by atoms with van der Waals surface area (Å²) in [5.41, 5.74) is 0.517. The molecular formula is C14H22N2O3. The smallest absolute Gasteiger partial charge is 0.241 e. The molecule has 1 atom stereocenters. The van der Waals surface area contributed by atoms with E-state index >= 15 is 0 Å². The van der Waals surface area contributed by atoms with Gasteiger partial charge in [-0.25, -0.2) is 4.98 Å². The van der Waals surface area contributed by atoms with Crippen molar-refractivity contribution in [1.29, 1.82) is 0 Å². The maximum Gasteiger partial charge on any atom is 0.241 e. The number of aliphatic hydroxyl groups is 1. The van der Waals surface area contributed by atoms with E-state index in [1.54, 1.807) is 0 Å². The van der Waals surface area contributed by atoms with Gasteiger partial charge in [-0.15, -0.1) is 0 Å². The largest absolute Gasteiger partial charge is 0.480 e. The first-order valence-corrected chi connectivity index (χ1v) is 6.78. The minimum Gasteiger partial charge on any atom is -0.480 e. The third-order valence-corrected chi connectivity index (χ3v) is 3.93. The molecule has 1 aromatic heterocycles. The molecule has 1 saturated carbocycles. The molecule has 0 aromatic carbocycles. The lowest BCUT2D eigenvalue weighted by Gasteiger charge is -2.29. The highest BCUT2D eigenvalue weighted by molar-refractivity contribution is 5.25. The lowest BCUT2D eigenvalue weighted by Crippen LogP contribution is -2.21. The lowest BCUT2D eigenvalue weighted by atomic mass is 9.79. The van der Waals surface area contributed by atoms with E-state index in [0.717, 1.165) is 31.6 Å². The van der Waals surface area contributed by atoms with Crippen molar-refractivity contribution >= 4 is 0 Å². The van der Waals surface area contributed by atoms with Crippen LogP contribution in [0.5, 0.6) is 11.8 Å². The molecule has 0 aliphatic heterocycles. The summed E-state index contributed by atoms with van der Waals surface area (Å²) in [5.74, 6) is 1.75. The summed E-state index contributed by atoms with van der Waals surface area (Å²) in [7, 11) is 3.06. The van der Waals surface area contributed by atoms with Crippen LogP contribution in [0.2, 0.25) is 0 Å². The average Bonchev–Trinajstić information content (AvgIpc) is 2.46. The van der Waals surface area contributed by atoms with Crippen LogP contribution < -0.4 is 9.47 Å². The summed E-state index contributed by atoms with van der Waals surface area (Å²) in [6.07, 6.45) is 5.28. The van der Waals surface area contributed by atoms with Crippen LogP contribution in [0, 0.1) is 11.8 Å². The number of methoxy groups -OCH3 is 2. The van der Waals surface area contributed by atoms with Gasteiger partial charge < -0.3 is 14.6 Å². The van der Waals surface area contributed by atoms with Crippen molar-refractivity contribution < 1.29 is 14.6 Å². The molecule has 0 radical (unpaired) electrons. The van der Waals surface area contributed by atoms with Crippen LogP contribution in [0.4, 0.5) is 0 Å². The summed E-state index contributed by atoms with van der Waals surface area (Å²) >= 11 is 0. The SMILES string of the molecule is COc1cnc(C(O)C2CCC(C)CC2)c(OC)n1. The molecule has 0 saturated heterocycles. The zero-order valence-electron chi connectivity index (χ0n) is 11.8. The van der Waals surface area contributed by atoms with Gasteiger partial charge >= 0.3 is 0 Å². The van der Waals surface area contributed by atoms with Crippen LogP contribution >= 0.6 is 0 Å². The highest BCUT2D eigenvalue weighted by Crippen LogP contribution is 2.38. The quantitative estimate of drug-likeness (QED) is 0.906. The number of hydrogen-bond acceptors (Lipinski definition) is 5. The van der Waals surface area contributed by atoms with Gasteiger partial charge in [0.05, 0.1) is 20.4 Å². The molecule has 5 heteroatoms. The molecule has 0 spiro atoms. The molecule has 1 N–H and O–H groups in total. The summed E-state index contributed by atoms with van der Waals surface area (Å²) < 4.78 is 10.2. The van der Waals surface area contributed by atoms with Crippen molar-refractivity contribution in [3.8, 4) is 11.8 Å². The van der Waals surface area contributed by atoms with E-state index in [4.69, 9.17) is 9.47 Å². The zero-order chi connectivity index (χ0) is 13.8. The minimum absolute atomic E-state index is 0.243. The molecule has 0 amide bonds. The van der Waals surface area contributed by atoms with Gasteiger partial charge in [-0.3, -0.25) is 0 Å². The highest BCUT2D eigenvalue weighted by atomic mass is 16.5. The molecule has 1 unspecified atom stereocenters. The maximum atomic E-state index is 10.5. The fraction of sp³-hybridized carbons (Fsp3) is 0.714. The summed E-state index contributed by atoms with van der Waals surface area (Å²) in [6, 6.07) is 0. The Bertz CT molecular complexity index is 417. The molecule has 19 heavy (non-hydrogen) atoms. The van der Waals surface area contributed by atoms with Crippen molar-refractivity contribution in [3.05, 3.63) is 11.9 Å². The van der Waals surface area contributed by atoms with Crippen molar-refractivity contribution in [3.63, 3.8) is 0 Å². The first-order valence-electron chi connectivity index (χ1n) is 6.78. The molecule has 2 rings (SSSR count). The monoisotopic (exact) mass is 266 g/mol. The summed E-state index contributed by atoms with van der Waals surface area (Å²) in [4.78, 5) is 8.43. The summed E-state index contributed by atoms with van der Waals surface area (Å²) in [5, 5.41) is 10.5. The van der Waals surface area contributed by atoms with Crippen LogP contribution in [0.1, 0.15) is 44.4 Å². The Morgan fingerprint density at radius 2 is 1.89 bits per heavy atom. The van der Waals surface area contributed by atoms with Crippen LogP contribution in [0.25, 0.3) is 0 Å². The Balaban J connectivity index is 2.16. The van der Waals surface area contributed by atoms with Gasteiger partial charge in [-0.1, -0.05) is 19.8 Å². The van der Waals surface area contributed by atoms with Crippen LogP contribution in [0.3, 0.4) is 0 Å². The normalized spacial score (nSPS) is 24.8. The number of rotatable bonds is 4. The Kier molecular flexibility index (Phi) is 4.58. The van der Waals surface area contributed by atoms with Crippen molar-refractivity contribution in [2.45, 2.75) is 38.7 Å². The molecule has 1 aliphatic rings. The van der Waals surface area contributed by atoms with Gasteiger partial charge in [0.1, 0.15) is 11.8 Å². The van der Waals surface area contributed by atoms with Crippen molar-refractivity contribution in [2.75, 3.05) is 14.2 Å². The van der Waals surface area contributed by atoms with Crippen LogP contribution in [0.15, 0.2) is 6.20 Å². The van der Waals surface area contributed by atoms with E-state index in [9.17, 15) is 5.11 Å². The van der Waals surface area contributed by atoms with Gasteiger partial charge in [0, 0.05) is 0 Å². The number of aliphatic hydroxyl groups excluding tert-OH is 1. The van der Waals surface area contributed by atoms with Gasteiger partial charge in [0.2, 0.25) is 11.8 Å². The van der Waals surface area contributed by atoms with E-state index in [-0.39, 0.29) is 5.92 Å². The zero-order valence-corrected chi connectivity index (χ0v) is 11.8. The first-order chi connectivity index (χ1) is 9.15. The van der Waals surface area contributed by atoms with E-state index in [1.165, 1.54) is 20.4 Å². The molecule has 1 heterocycles. The number of aromatic nitrogens is 2. The third-order valence-electron chi connectivity index (χ3n) is 3.93. The minimum atomic E-state index is -0.610. The second-order valence-corrected chi connectivity index (χ2v) is 5.27. The standard InChI is InChI=1S/C14H22N2O3/c1-9-4-6-10(7-5-9)13(17)12-14(19-3)16-11(18-2)8-15-12/h8-10,13,17H,4-7H2,1-3H3. The predicted octanol–water partition coefficient (Wildman–Crippen LogP) is 2.35. The van der Waals surface area contributed by atoms with Gasteiger partial charge in [0.15, 0.2) is 0 Å². The molecular weight excluding hydrogens is 244 g/mol. The van der Waals surface area contributed by atoms with E-state index in [0.29, 0.717) is 17.5 Å². The molecule has 1 aliphatic carbocycles. The fourth-order valence-corrected chi connectivity index (χ4v) is 2.64. The van der Waals surface area contributed by atoms with Crippen LogP contribution in [-0.2, 0) is 0 Å². The Hall–Kier alpha value is -1.36. The summed E-state index contributed by atoms with van der Waals surface area (Å²) in [6.45, 7) is 2.26. The molecule has 0 bridgehead atoms. The van der Waals surface area contributed by atoms with Crippen LogP contribution in [-0.4, -0.2) is 29.3 Å². The molecule has 106 valence electrons. The fourth-order valence-electron chi connectivity index (χ4n) is 2.64. The second kappa shape index (κ2) is 6.19. The molecule has 5 nitrogen and oxygen atoms in total. The highest BCUT2D eigenvalue weighted by Gasteiger charge is 2.29. The predicted molar refractivity (Wildman–Crippen MR) is 71.2 cm³/mol. The van der Waals surface area contributed by atoms with Gasteiger partial charge in [-0.05, 0) is 24.7 Å². The molecule has 1 fully saturated rings. The van der Waals surface area contributed by atoms with Gasteiger partial charge in [-0.2, -0.15) is 4.98 Å². The average molecular weight is 266 g/mol. The Morgan fingerprint density at radius 3 is 2.47 bits per heavy atom. The Morgan fingerprint density at radius 1 is 1.21 bits per heavy atom. The lowest BCUT2D eigenvalue weighted by molar-refractivity contribution is 0.0690. The van der Waals surface area contributed by atoms with E-state index in [2.05, 4.69) is 16.9 Å². The van der Waals surface area contributed by atoms with E-state index in [1.807, 2.05) is 0 Å². The van der Waals surface area contributed by atoms with Gasteiger partial charge in [0.25, 0.3) is 0 Å². The number of ether oxygens (including phenoxy) is 2. The number of hydrogen-bond donors (Lipinski definition) is 1. The Labute approximate surface area is 114 Å². The van der Waals surface area contributed by atoms with Crippen molar-refractivity contribution in [2.24, 2.45) is 11.8 Å². The molecule has 1 aromatic rings.